The van der Waals surface area contributed by atoms with Crippen molar-refractivity contribution in [3.05, 3.63) is 54.1 Å². The predicted molar refractivity (Wildman–Crippen MR) is 96.4 cm³/mol. The average Bonchev–Trinajstić information content (AvgIpc) is 2.55. The summed E-state index contributed by atoms with van der Waals surface area (Å²) in [4.78, 5) is 1.21. The van der Waals surface area contributed by atoms with Crippen molar-refractivity contribution in [3.63, 3.8) is 0 Å². The third kappa shape index (κ3) is 4.44. The number of phenols is 1. The molecule has 23 heavy (non-hydrogen) atoms. The molecule has 2 nitrogen and oxygen atoms in total. The van der Waals surface area contributed by atoms with Gasteiger partial charge in [0.15, 0.2) is 0 Å². The fourth-order valence-corrected chi connectivity index (χ4v) is 3.87. The van der Waals surface area contributed by atoms with Gasteiger partial charge in [0.1, 0.15) is 5.75 Å². The van der Waals surface area contributed by atoms with Crippen LogP contribution in [0.4, 0.5) is 0 Å². The van der Waals surface area contributed by atoms with E-state index in [2.05, 4.69) is 20.8 Å². The molecule has 0 heterocycles. The number of hydrogen-bond donors (Lipinski definition) is 1. The SMILES string of the molecule is CCCCCC(C)(C)c1ccc(O)c(S(=O)c2ccccc2)c1. The van der Waals surface area contributed by atoms with Crippen LogP contribution in [0.1, 0.15) is 52.0 Å². The molecule has 0 spiro atoms. The molecule has 0 aliphatic rings. The molecule has 124 valence electrons. The Balaban J connectivity index is 2.30. The highest BCUT2D eigenvalue weighted by Gasteiger charge is 2.22. The normalized spacial score (nSPS) is 13.0. The van der Waals surface area contributed by atoms with Crippen LogP contribution in [0.25, 0.3) is 0 Å². The Morgan fingerprint density at radius 3 is 2.39 bits per heavy atom. The second-order valence-electron chi connectivity index (χ2n) is 6.61. The monoisotopic (exact) mass is 330 g/mol. The van der Waals surface area contributed by atoms with Gasteiger partial charge < -0.3 is 5.11 Å². The van der Waals surface area contributed by atoms with Gasteiger partial charge in [0.05, 0.1) is 15.7 Å². The number of aromatic hydroxyl groups is 1. The molecule has 0 saturated heterocycles. The molecular formula is C20H26O2S. The molecule has 0 fully saturated rings. The van der Waals surface area contributed by atoms with E-state index in [4.69, 9.17) is 0 Å². The van der Waals surface area contributed by atoms with Crippen molar-refractivity contribution in [3.8, 4) is 5.75 Å². The Labute approximate surface area is 142 Å². The van der Waals surface area contributed by atoms with Crippen LogP contribution in [0.3, 0.4) is 0 Å². The lowest BCUT2D eigenvalue weighted by Gasteiger charge is -2.26. The summed E-state index contributed by atoms with van der Waals surface area (Å²) >= 11 is 0. The van der Waals surface area contributed by atoms with Crippen molar-refractivity contribution in [1.82, 2.24) is 0 Å². The molecule has 0 aromatic heterocycles. The lowest BCUT2D eigenvalue weighted by Crippen LogP contribution is -2.17. The molecular weight excluding hydrogens is 304 g/mol. The topological polar surface area (TPSA) is 37.3 Å². The summed E-state index contributed by atoms with van der Waals surface area (Å²) in [7, 11) is -1.36. The summed E-state index contributed by atoms with van der Waals surface area (Å²) in [5.74, 6) is 0.0975. The van der Waals surface area contributed by atoms with E-state index in [0.29, 0.717) is 9.79 Å². The van der Waals surface area contributed by atoms with E-state index < -0.39 is 10.8 Å². The third-order valence-electron chi connectivity index (χ3n) is 4.30. The molecule has 0 radical (unpaired) electrons. The van der Waals surface area contributed by atoms with Gasteiger partial charge in [-0.1, -0.05) is 64.3 Å². The first-order chi connectivity index (χ1) is 11.0. The molecule has 0 bridgehead atoms. The maximum atomic E-state index is 12.8. The van der Waals surface area contributed by atoms with Crippen LogP contribution >= 0.6 is 0 Å². The van der Waals surface area contributed by atoms with Gasteiger partial charge in [0, 0.05) is 4.90 Å². The first kappa shape index (κ1) is 17.7. The van der Waals surface area contributed by atoms with Gasteiger partial charge in [0.2, 0.25) is 0 Å². The fourth-order valence-electron chi connectivity index (χ4n) is 2.72. The highest BCUT2D eigenvalue weighted by atomic mass is 32.2. The van der Waals surface area contributed by atoms with Crippen LogP contribution in [-0.2, 0) is 16.2 Å². The smallest absolute Gasteiger partial charge is 0.132 e. The van der Waals surface area contributed by atoms with Crippen LogP contribution in [0.5, 0.6) is 5.75 Å². The quantitative estimate of drug-likeness (QED) is 0.689. The zero-order valence-corrected chi connectivity index (χ0v) is 15.0. The number of phenolic OH excluding ortho intramolecular Hbond substituents is 1. The molecule has 1 atom stereocenters. The van der Waals surface area contributed by atoms with Gasteiger partial charge in [-0.25, -0.2) is 4.21 Å². The Morgan fingerprint density at radius 1 is 1.04 bits per heavy atom. The predicted octanol–water partition coefficient (Wildman–Crippen LogP) is 5.42. The molecule has 2 aromatic rings. The molecule has 2 rings (SSSR count). The highest BCUT2D eigenvalue weighted by Crippen LogP contribution is 2.34. The molecule has 3 heteroatoms. The number of benzene rings is 2. The summed E-state index contributed by atoms with van der Waals surface area (Å²) in [6, 6.07) is 14.8. The van der Waals surface area contributed by atoms with Crippen molar-refractivity contribution in [1.29, 1.82) is 0 Å². The molecule has 0 aliphatic heterocycles. The molecule has 0 aliphatic carbocycles. The Kier molecular flexibility index (Phi) is 6.00. The number of unbranched alkanes of at least 4 members (excludes halogenated alkanes) is 2. The maximum Gasteiger partial charge on any atom is 0.132 e. The summed E-state index contributed by atoms with van der Waals surface area (Å²) in [5, 5.41) is 10.2. The molecule has 1 N–H and O–H groups in total. The van der Waals surface area contributed by atoms with Crippen LogP contribution in [0, 0.1) is 0 Å². The van der Waals surface area contributed by atoms with Gasteiger partial charge in [-0.05, 0) is 41.7 Å². The van der Waals surface area contributed by atoms with E-state index in [1.807, 2.05) is 42.5 Å². The van der Waals surface area contributed by atoms with Gasteiger partial charge in [-0.15, -0.1) is 0 Å². The van der Waals surface area contributed by atoms with Gasteiger partial charge in [0.25, 0.3) is 0 Å². The summed E-state index contributed by atoms with van der Waals surface area (Å²) in [6.45, 7) is 6.63. The van der Waals surface area contributed by atoms with Crippen LogP contribution in [0.15, 0.2) is 58.3 Å². The largest absolute Gasteiger partial charge is 0.507 e. The van der Waals surface area contributed by atoms with Crippen molar-refractivity contribution in [2.45, 2.75) is 61.7 Å². The minimum Gasteiger partial charge on any atom is -0.507 e. The summed E-state index contributed by atoms with van der Waals surface area (Å²) in [5.41, 5.74) is 1.14. The Hall–Kier alpha value is -1.61. The summed E-state index contributed by atoms with van der Waals surface area (Å²) < 4.78 is 12.8. The Morgan fingerprint density at radius 2 is 1.74 bits per heavy atom. The van der Waals surface area contributed by atoms with Crippen molar-refractivity contribution in [2.24, 2.45) is 0 Å². The zero-order valence-electron chi connectivity index (χ0n) is 14.2. The molecule has 0 amide bonds. The second kappa shape index (κ2) is 7.78. The van der Waals surface area contributed by atoms with E-state index >= 15 is 0 Å². The number of rotatable bonds is 7. The average molecular weight is 330 g/mol. The van der Waals surface area contributed by atoms with Crippen LogP contribution in [0.2, 0.25) is 0 Å². The first-order valence-corrected chi connectivity index (χ1v) is 9.41. The fraction of sp³-hybridized carbons (Fsp3) is 0.400. The van der Waals surface area contributed by atoms with Crippen LogP contribution in [-0.4, -0.2) is 9.32 Å². The lowest BCUT2D eigenvalue weighted by molar-refractivity contribution is 0.441. The van der Waals surface area contributed by atoms with Crippen molar-refractivity contribution in [2.75, 3.05) is 0 Å². The second-order valence-corrected chi connectivity index (χ2v) is 8.05. The van der Waals surface area contributed by atoms with Crippen molar-refractivity contribution >= 4 is 10.8 Å². The van der Waals surface area contributed by atoms with E-state index in [-0.39, 0.29) is 11.2 Å². The lowest BCUT2D eigenvalue weighted by atomic mass is 9.80. The van der Waals surface area contributed by atoms with E-state index in [1.54, 1.807) is 6.07 Å². The molecule has 2 aromatic carbocycles. The van der Waals surface area contributed by atoms with Gasteiger partial charge >= 0.3 is 0 Å². The highest BCUT2D eigenvalue weighted by molar-refractivity contribution is 7.85. The van der Waals surface area contributed by atoms with Crippen LogP contribution < -0.4 is 0 Å². The minimum absolute atomic E-state index is 0.0124. The van der Waals surface area contributed by atoms with E-state index in [1.165, 1.54) is 19.3 Å². The Bertz CT molecular complexity index is 663. The van der Waals surface area contributed by atoms with E-state index in [9.17, 15) is 9.32 Å². The van der Waals surface area contributed by atoms with Gasteiger partial charge in [-0.2, -0.15) is 0 Å². The van der Waals surface area contributed by atoms with Gasteiger partial charge in [-0.3, -0.25) is 0 Å². The minimum atomic E-state index is -1.36. The van der Waals surface area contributed by atoms with E-state index in [0.717, 1.165) is 12.0 Å². The maximum absolute atomic E-state index is 12.8. The number of hydrogen-bond acceptors (Lipinski definition) is 2. The standard InChI is InChI=1S/C20H26O2S/c1-4-5-9-14-20(2,3)16-12-13-18(21)19(15-16)23(22)17-10-7-6-8-11-17/h6-8,10-13,15,21H,4-5,9,14H2,1-3H3. The third-order valence-corrected chi connectivity index (χ3v) is 5.73. The first-order valence-electron chi connectivity index (χ1n) is 8.26. The van der Waals surface area contributed by atoms with Crippen molar-refractivity contribution < 1.29 is 9.32 Å². The zero-order chi connectivity index (χ0) is 16.9. The molecule has 0 saturated carbocycles. The molecule has 1 unspecified atom stereocenters. The summed E-state index contributed by atoms with van der Waals surface area (Å²) in [6.07, 6.45) is 4.70.